The summed E-state index contributed by atoms with van der Waals surface area (Å²) < 4.78 is 10.2. The molecule has 1 heterocycles. The van der Waals surface area contributed by atoms with Gasteiger partial charge in [-0.1, -0.05) is 11.6 Å². The number of rotatable bonds is 3. The summed E-state index contributed by atoms with van der Waals surface area (Å²) in [6.45, 7) is 0.463. The molecule has 1 saturated heterocycles. The van der Waals surface area contributed by atoms with Crippen molar-refractivity contribution in [2.75, 3.05) is 32.2 Å². The smallest absolute Gasteiger partial charge is 0.328 e. The first-order valence-corrected chi connectivity index (χ1v) is 6.62. The number of morpholine rings is 1. The minimum Gasteiger partial charge on any atom is -0.495 e. The number of halogens is 1. The van der Waals surface area contributed by atoms with E-state index in [0.29, 0.717) is 23.1 Å². The predicted octanol–water partition coefficient (Wildman–Crippen LogP) is 1.67. The van der Waals surface area contributed by atoms with Crippen LogP contribution in [0.15, 0.2) is 18.2 Å². The van der Waals surface area contributed by atoms with Gasteiger partial charge in [0.2, 0.25) is 0 Å². The molecule has 1 atom stereocenters. The Labute approximate surface area is 126 Å². The molecule has 2 amide bonds. The Morgan fingerprint density at radius 2 is 2.29 bits per heavy atom. The maximum atomic E-state index is 12.3. The van der Waals surface area contributed by atoms with Crippen LogP contribution in [0, 0.1) is 0 Å². The van der Waals surface area contributed by atoms with Gasteiger partial charge in [0.05, 0.1) is 26.0 Å². The first-order chi connectivity index (χ1) is 10.0. The van der Waals surface area contributed by atoms with Gasteiger partial charge in [-0.2, -0.15) is 0 Å². The molecule has 2 rings (SSSR count). The molecule has 1 aliphatic heterocycles. The van der Waals surface area contributed by atoms with Gasteiger partial charge in [0.1, 0.15) is 5.75 Å². The number of aliphatic carboxylic acids is 1. The molecule has 8 heteroatoms. The number of carboxylic acid groups (broad SMARTS) is 1. The van der Waals surface area contributed by atoms with E-state index in [4.69, 9.17) is 26.2 Å². The highest BCUT2D eigenvalue weighted by atomic mass is 35.5. The zero-order valence-corrected chi connectivity index (χ0v) is 12.1. The number of methoxy groups -OCH3 is 1. The number of carbonyl (C=O) groups is 2. The number of benzene rings is 1. The van der Waals surface area contributed by atoms with Crippen LogP contribution in [0.2, 0.25) is 5.02 Å². The van der Waals surface area contributed by atoms with Gasteiger partial charge < -0.3 is 24.8 Å². The number of hydrogen-bond donors (Lipinski definition) is 2. The minimum absolute atomic E-state index is 0.0323. The third-order valence-corrected chi connectivity index (χ3v) is 3.31. The molecule has 114 valence electrons. The molecule has 0 aliphatic carbocycles. The lowest BCUT2D eigenvalue weighted by molar-refractivity contribution is -0.147. The molecule has 7 nitrogen and oxygen atoms in total. The lowest BCUT2D eigenvalue weighted by Crippen LogP contribution is -2.53. The van der Waals surface area contributed by atoms with E-state index in [-0.39, 0.29) is 13.2 Å². The van der Waals surface area contributed by atoms with Gasteiger partial charge >= 0.3 is 12.0 Å². The van der Waals surface area contributed by atoms with Crippen molar-refractivity contribution in [1.82, 2.24) is 4.90 Å². The molecule has 21 heavy (non-hydrogen) atoms. The standard InChI is InChI=1S/C13H15ClN2O5/c1-20-11-3-2-8(14)6-9(11)15-13(19)16-4-5-21-7-10(16)12(17)18/h2-3,6,10H,4-5,7H2,1H3,(H,15,19)(H,17,18). The lowest BCUT2D eigenvalue weighted by Gasteiger charge is -2.32. The number of ether oxygens (including phenoxy) is 2. The molecule has 0 bridgehead atoms. The Kier molecular flexibility index (Phi) is 4.87. The first kappa shape index (κ1) is 15.4. The average Bonchev–Trinajstić information content (AvgIpc) is 2.47. The van der Waals surface area contributed by atoms with Crippen LogP contribution in [0.1, 0.15) is 0 Å². The normalized spacial score (nSPS) is 18.2. The van der Waals surface area contributed by atoms with E-state index in [0.717, 1.165) is 0 Å². The highest BCUT2D eigenvalue weighted by molar-refractivity contribution is 6.31. The van der Waals surface area contributed by atoms with Crippen molar-refractivity contribution in [1.29, 1.82) is 0 Å². The largest absolute Gasteiger partial charge is 0.495 e. The molecule has 1 unspecified atom stereocenters. The zero-order valence-electron chi connectivity index (χ0n) is 11.3. The van der Waals surface area contributed by atoms with E-state index in [2.05, 4.69) is 5.32 Å². The lowest BCUT2D eigenvalue weighted by atomic mass is 10.2. The van der Waals surface area contributed by atoms with Crippen molar-refractivity contribution < 1.29 is 24.2 Å². The minimum atomic E-state index is -1.11. The Hall–Kier alpha value is -1.99. The van der Waals surface area contributed by atoms with Crippen LogP contribution in [0.3, 0.4) is 0 Å². The Morgan fingerprint density at radius 1 is 1.52 bits per heavy atom. The molecule has 1 aromatic carbocycles. The summed E-state index contributed by atoms with van der Waals surface area (Å²) in [5.41, 5.74) is 0.380. The van der Waals surface area contributed by atoms with E-state index in [1.165, 1.54) is 18.1 Å². The zero-order chi connectivity index (χ0) is 15.4. The van der Waals surface area contributed by atoms with Gasteiger partial charge in [0, 0.05) is 11.6 Å². The summed E-state index contributed by atoms with van der Waals surface area (Å²) in [7, 11) is 1.47. The number of carbonyl (C=O) groups excluding carboxylic acids is 1. The Bertz CT molecular complexity index is 551. The van der Waals surface area contributed by atoms with E-state index < -0.39 is 18.0 Å². The van der Waals surface area contributed by atoms with Crippen molar-refractivity contribution in [3.63, 3.8) is 0 Å². The van der Waals surface area contributed by atoms with Crippen LogP contribution in [-0.2, 0) is 9.53 Å². The number of carboxylic acids is 1. The fourth-order valence-electron chi connectivity index (χ4n) is 2.02. The van der Waals surface area contributed by atoms with Gasteiger partial charge in [-0.25, -0.2) is 9.59 Å². The van der Waals surface area contributed by atoms with Crippen LogP contribution in [0.5, 0.6) is 5.75 Å². The van der Waals surface area contributed by atoms with E-state index >= 15 is 0 Å². The number of hydrogen-bond acceptors (Lipinski definition) is 4. The maximum Gasteiger partial charge on any atom is 0.328 e. The highest BCUT2D eigenvalue weighted by Gasteiger charge is 2.33. The second-order valence-electron chi connectivity index (χ2n) is 4.40. The van der Waals surface area contributed by atoms with Crippen molar-refractivity contribution in [3.05, 3.63) is 23.2 Å². The molecule has 0 saturated carbocycles. The second kappa shape index (κ2) is 6.64. The SMILES string of the molecule is COc1ccc(Cl)cc1NC(=O)N1CCOCC1C(=O)O. The first-order valence-electron chi connectivity index (χ1n) is 6.24. The molecule has 2 N–H and O–H groups in total. The monoisotopic (exact) mass is 314 g/mol. The fraction of sp³-hybridized carbons (Fsp3) is 0.385. The van der Waals surface area contributed by atoms with Crippen LogP contribution >= 0.6 is 11.6 Å². The summed E-state index contributed by atoms with van der Waals surface area (Å²) in [5.74, 6) is -0.671. The molecule has 1 aromatic rings. The molecule has 0 spiro atoms. The Balaban J connectivity index is 2.16. The molecular weight excluding hydrogens is 300 g/mol. The summed E-state index contributed by atoms with van der Waals surface area (Å²) in [6.07, 6.45) is 0. The number of anilines is 1. The van der Waals surface area contributed by atoms with Crippen LogP contribution in [-0.4, -0.2) is 54.9 Å². The molecular formula is C13H15ClN2O5. The molecule has 1 fully saturated rings. The van der Waals surface area contributed by atoms with Gasteiger partial charge in [-0.3, -0.25) is 0 Å². The maximum absolute atomic E-state index is 12.3. The highest BCUT2D eigenvalue weighted by Crippen LogP contribution is 2.28. The average molecular weight is 315 g/mol. The number of nitrogens with zero attached hydrogens (tertiary/aromatic N) is 1. The quantitative estimate of drug-likeness (QED) is 0.886. The van der Waals surface area contributed by atoms with Gasteiger partial charge in [0.15, 0.2) is 6.04 Å². The van der Waals surface area contributed by atoms with Gasteiger partial charge in [-0.15, -0.1) is 0 Å². The van der Waals surface area contributed by atoms with Crippen LogP contribution in [0.25, 0.3) is 0 Å². The number of amides is 2. The van der Waals surface area contributed by atoms with E-state index in [1.54, 1.807) is 12.1 Å². The van der Waals surface area contributed by atoms with Crippen LogP contribution in [0.4, 0.5) is 10.5 Å². The summed E-state index contributed by atoms with van der Waals surface area (Å²) in [4.78, 5) is 24.6. The van der Waals surface area contributed by atoms with Crippen molar-refractivity contribution in [2.45, 2.75) is 6.04 Å². The van der Waals surface area contributed by atoms with Crippen molar-refractivity contribution in [3.8, 4) is 5.75 Å². The summed E-state index contributed by atoms with van der Waals surface area (Å²) in [6, 6.07) is 3.24. The molecule has 0 radical (unpaired) electrons. The van der Waals surface area contributed by atoms with Gasteiger partial charge in [-0.05, 0) is 18.2 Å². The Morgan fingerprint density at radius 3 is 2.95 bits per heavy atom. The molecule has 0 aromatic heterocycles. The summed E-state index contributed by atoms with van der Waals surface area (Å²) >= 11 is 5.89. The number of urea groups is 1. The summed E-state index contributed by atoms with van der Waals surface area (Å²) in [5, 5.41) is 12.2. The fourth-order valence-corrected chi connectivity index (χ4v) is 2.19. The van der Waals surface area contributed by atoms with E-state index in [9.17, 15) is 9.59 Å². The predicted molar refractivity (Wildman–Crippen MR) is 76.0 cm³/mol. The third kappa shape index (κ3) is 3.56. The number of nitrogens with one attached hydrogen (secondary N) is 1. The van der Waals surface area contributed by atoms with Crippen molar-refractivity contribution >= 4 is 29.3 Å². The van der Waals surface area contributed by atoms with Crippen molar-refractivity contribution in [2.24, 2.45) is 0 Å². The molecule has 1 aliphatic rings. The topological polar surface area (TPSA) is 88.1 Å². The van der Waals surface area contributed by atoms with Gasteiger partial charge in [0.25, 0.3) is 0 Å². The second-order valence-corrected chi connectivity index (χ2v) is 4.83. The van der Waals surface area contributed by atoms with E-state index in [1.807, 2.05) is 0 Å². The third-order valence-electron chi connectivity index (χ3n) is 3.08. The van der Waals surface area contributed by atoms with Crippen LogP contribution < -0.4 is 10.1 Å².